The van der Waals surface area contributed by atoms with E-state index in [0.29, 0.717) is 5.88 Å². The van der Waals surface area contributed by atoms with Gasteiger partial charge in [0.1, 0.15) is 0 Å². The average molecular weight is 214 g/mol. The quantitative estimate of drug-likeness (QED) is 0.648. The van der Waals surface area contributed by atoms with Gasteiger partial charge >= 0.3 is 6.03 Å². The summed E-state index contributed by atoms with van der Waals surface area (Å²) in [7, 11) is 0. The molecule has 0 atom stereocenters. The monoisotopic (exact) mass is 214 g/mol. The minimum Gasteiger partial charge on any atom is -0.449 e. The van der Waals surface area contributed by atoms with Gasteiger partial charge in [-0.25, -0.2) is 4.79 Å². The number of amides is 2. The molecule has 0 unspecified atom stereocenters. The van der Waals surface area contributed by atoms with E-state index in [4.69, 9.17) is 14.6 Å². The molecule has 0 radical (unpaired) electrons. The van der Waals surface area contributed by atoms with E-state index in [0.717, 1.165) is 0 Å². The summed E-state index contributed by atoms with van der Waals surface area (Å²) in [5.41, 5.74) is 0. The van der Waals surface area contributed by atoms with E-state index in [1.54, 1.807) is 12.1 Å². The number of hydrogen-bond donors (Lipinski definition) is 3. The highest BCUT2D eigenvalue weighted by Crippen LogP contribution is 2.07. The van der Waals surface area contributed by atoms with Crippen molar-refractivity contribution in [3.8, 4) is 0 Å². The minimum absolute atomic E-state index is 0.147. The zero-order valence-corrected chi connectivity index (χ0v) is 8.22. The van der Waals surface area contributed by atoms with Gasteiger partial charge in [-0.05, 0) is 6.07 Å². The highest BCUT2D eigenvalue weighted by atomic mass is 16.3. The first kappa shape index (κ1) is 11.5. The molecule has 0 aromatic carbocycles. The number of nitrogens with one attached hydrogen (secondary N) is 1. The van der Waals surface area contributed by atoms with Crippen LogP contribution in [0.25, 0.3) is 0 Å². The molecule has 0 fully saturated rings. The maximum atomic E-state index is 11.5. The Morgan fingerprint density at radius 2 is 2.07 bits per heavy atom. The molecular formula is C9H14N2O4. The second-order valence-corrected chi connectivity index (χ2v) is 2.84. The van der Waals surface area contributed by atoms with Crippen molar-refractivity contribution in [2.24, 2.45) is 0 Å². The number of furan rings is 1. The number of carbonyl (C=O) groups is 1. The lowest BCUT2D eigenvalue weighted by Gasteiger charge is -2.20. The summed E-state index contributed by atoms with van der Waals surface area (Å²) in [5, 5.41) is 19.9. The first-order valence-electron chi connectivity index (χ1n) is 4.59. The third kappa shape index (κ3) is 3.61. The van der Waals surface area contributed by atoms with Crippen molar-refractivity contribution in [3.05, 3.63) is 18.4 Å². The van der Waals surface area contributed by atoms with Gasteiger partial charge < -0.3 is 19.5 Å². The molecule has 0 aliphatic rings. The average Bonchev–Trinajstić information content (AvgIpc) is 2.70. The highest BCUT2D eigenvalue weighted by molar-refractivity contribution is 5.87. The van der Waals surface area contributed by atoms with Crippen molar-refractivity contribution in [2.75, 3.05) is 31.6 Å². The van der Waals surface area contributed by atoms with Crippen molar-refractivity contribution in [1.29, 1.82) is 0 Å². The zero-order valence-electron chi connectivity index (χ0n) is 8.22. The van der Waals surface area contributed by atoms with Crippen LogP contribution in [0, 0.1) is 0 Å². The zero-order chi connectivity index (χ0) is 11.1. The van der Waals surface area contributed by atoms with E-state index in [-0.39, 0.29) is 26.3 Å². The normalized spacial score (nSPS) is 10.0. The number of aliphatic hydroxyl groups is 2. The summed E-state index contributed by atoms with van der Waals surface area (Å²) in [5.74, 6) is 0.334. The van der Waals surface area contributed by atoms with Crippen molar-refractivity contribution in [1.82, 2.24) is 4.90 Å². The molecule has 84 valence electrons. The van der Waals surface area contributed by atoms with E-state index >= 15 is 0 Å². The molecule has 0 spiro atoms. The standard InChI is InChI=1S/C9H14N2O4/c12-5-3-11(4-6-13)9(14)10-8-2-1-7-15-8/h1-2,7,12-13H,3-6H2,(H,10,14). The minimum atomic E-state index is -0.409. The Bertz CT molecular complexity index is 280. The van der Waals surface area contributed by atoms with Crippen molar-refractivity contribution in [2.45, 2.75) is 0 Å². The van der Waals surface area contributed by atoms with Gasteiger partial charge in [-0.3, -0.25) is 5.32 Å². The van der Waals surface area contributed by atoms with Crippen LogP contribution in [-0.4, -0.2) is 47.4 Å². The Morgan fingerprint density at radius 3 is 2.53 bits per heavy atom. The van der Waals surface area contributed by atoms with E-state index in [1.165, 1.54) is 11.2 Å². The van der Waals surface area contributed by atoms with Gasteiger partial charge in [-0.2, -0.15) is 0 Å². The van der Waals surface area contributed by atoms with Gasteiger partial charge in [-0.1, -0.05) is 0 Å². The highest BCUT2D eigenvalue weighted by Gasteiger charge is 2.12. The lowest BCUT2D eigenvalue weighted by molar-refractivity contribution is 0.167. The van der Waals surface area contributed by atoms with Crippen LogP contribution in [0.3, 0.4) is 0 Å². The summed E-state index contributed by atoms with van der Waals surface area (Å²) in [6, 6.07) is 2.85. The van der Waals surface area contributed by atoms with Crippen LogP contribution in [0.4, 0.5) is 10.7 Å². The van der Waals surface area contributed by atoms with E-state index in [2.05, 4.69) is 5.32 Å². The Labute approximate surface area is 87.1 Å². The molecular weight excluding hydrogens is 200 g/mol. The molecule has 1 heterocycles. The van der Waals surface area contributed by atoms with Gasteiger partial charge in [0, 0.05) is 19.2 Å². The van der Waals surface area contributed by atoms with Crippen LogP contribution >= 0.6 is 0 Å². The number of hydrogen-bond acceptors (Lipinski definition) is 4. The van der Waals surface area contributed by atoms with Crippen LogP contribution in [-0.2, 0) is 0 Å². The number of urea groups is 1. The first-order chi connectivity index (χ1) is 7.27. The molecule has 0 saturated carbocycles. The summed E-state index contributed by atoms with van der Waals surface area (Å²) in [6.07, 6.45) is 1.44. The summed E-state index contributed by atoms with van der Waals surface area (Å²) < 4.78 is 4.93. The molecule has 15 heavy (non-hydrogen) atoms. The number of nitrogens with zero attached hydrogens (tertiary/aromatic N) is 1. The number of carbonyl (C=O) groups excluding carboxylic acids is 1. The predicted octanol–water partition coefficient (Wildman–Crippen LogP) is 0.0981. The molecule has 0 saturated heterocycles. The molecule has 0 bridgehead atoms. The second-order valence-electron chi connectivity index (χ2n) is 2.84. The van der Waals surface area contributed by atoms with Gasteiger partial charge in [0.25, 0.3) is 0 Å². The van der Waals surface area contributed by atoms with Crippen LogP contribution in [0.5, 0.6) is 0 Å². The van der Waals surface area contributed by atoms with Crippen molar-refractivity contribution in [3.63, 3.8) is 0 Å². The lowest BCUT2D eigenvalue weighted by Crippen LogP contribution is -2.38. The predicted molar refractivity (Wildman–Crippen MR) is 53.5 cm³/mol. The molecule has 0 aliphatic carbocycles. The number of aliphatic hydroxyl groups excluding tert-OH is 2. The van der Waals surface area contributed by atoms with Crippen molar-refractivity contribution < 1.29 is 19.4 Å². The third-order valence-electron chi connectivity index (χ3n) is 1.78. The fraction of sp³-hybridized carbons (Fsp3) is 0.444. The molecule has 2 amide bonds. The Kier molecular flexibility index (Phi) is 4.65. The molecule has 1 aromatic rings. The molecule has 0 aliphatic heterocycles. The van der Waals surface area contributed by atoms with Crippen LogP contribution in [0.1, 0.15) is 0 Å². The summed E-state index contributed by atoms with van der Waals surface area (Å²) >= 11 is 0. The summed E-state index contributed by atoms with van der Waals surface area (Å²) in [4.78, 5) is 12.8. The van der Waals surface area contributed by atoms with Crippen LogP contribution < -0.4 is 5.32 Å². The fourth-order valence-electron chi connectivity index (χ4n) is 1.09. The van der Waals surface area contributed by atoms with Gasteiger partial charge in [0.2, 0.25) is 5.88 Å². The third-order valence-corrected chi connectivity index (χ3v) is 1.78. The van der Waals surface area contributed by atoms with Crippen LogP contribution in [0.2, 0.25) is 0 Å². The number of anilines is 1. The molecule has 6 nitrogen and oxygen atoms in total. The lowest BCUT2D eigenvalue weighted by atomic mass is 10.5. The second kappa shape index (κ2) is 6.05. The topological polar surface area (TPSA) is 85.9 Å². The van der Waals surface area contributed by atoms with Crippen molar-refractivity contribution >= 4 is 11.9 Å². The summed E-state index contributed by atoms with van der Waals surface area (Å²) in [6.45, 7) is 0.0529. The maximum absolute atomic E-state index is 11.5. The molecule has 1 aromatic heterocycles. The molecule has 1 rings (SSSR count). The fourth-order valence-corrected chi connectivity index (χ4v) is 1.09. The van der Waals surface area contributed by atoms with E-state index < -0.39 is 6.03 Å². The molecule has 6 heteroatoms. The Balaban J connectivity index is 2.48. The van der Waals surface area contributed by atoms with Gasteiger partial charge in [-0.15, -0.1) is 0 Å². The molecule has 3 N–H and O–H groups in total. The SMILES string of the molecule is O=C(Nc1ccco1)N(CCO)CCO. The Morgan fingerprint density at radius 1 is 1.40 bits per heavy atom. The first-order valence-corrected chi connectivity index (χ1v) is 4.59. The maximum Gasteiger partial charge on any atom is 0.324 e. The van der Waals surface area contributed by atoms with Gasteiger partial charge in [0.05, 0.1) is 19.5 Å². The van der Waals surface area contributed by atoms with Gasteiger partial charge in [0.15, 0.2) is 0 Å². The van der Waals surface area contributed by atoms with E-state index in [1.807, 2.05) is 0 Å². The Hall–Kier alpha value is -1.53. The largest absolute Gasteiger partial charge is 0.449 e. The smallest absolute Gasteiger partial charge is 0.324 e. The number of rotatable bonds is 5. The van der Waals surface area contributed by atoms with Crippen LogP contribution in [0.15, 0.2) is 22.8 Å². The van der Waals surface area contributed by atoms with E-state index in [9.17, 15) is 4.79 Å².